The highest BCUT2D eigenvalue weighted by Crippen LogP contribution is 2.54. The van der Waals surface area contributed by atoms with Crippen LogP contribution in [-0.2, 0) is 10.2 Å². The lowest BCUT2D eigenvalue weighted by Gasteiger charge is -2.23. The summed E-state index contributed by atoms with van der Waals surface area (Å²) in [5, 5.41) is 5.46. The number of nitrogens with zero attached hydrogens (tertiary/aromatic N) is 1. The van der Waals surface area contributed by atoms with Gasteiger partial charge in [0.1, 0.15) is 23.6 Å². The molecule has 3 aromatic rings. The summed E-state index contributed by atoms with van der Waals surface area (Å²) in [6.07, 6.45) is 0. The van der Waals surface area contributed by atoms with Gasteiger partial charge in [-0.2, -0.15) is 0 Å². The van der Waals surface area contributed by atoms with E-state index in [0.717, 1.165) is 16.8 Å². The third kappa shape index (κ3) is 3.26. The molecule has 0 aromatic heterocycles. The van der Waals surface area contributed by atoms with Crippen molar-refractivity contribution in [2.75, 3.05) is 36.7 Å². The van der Waals surface area contributed by atoms with Crippen LogP contribution in [0.15, 0.2) is 54.6 Å². The number of amides is 3. The fourth-order valence-corrected chi connectivity index (χ4v) is 4.97. The molecule has 0 saturated carbocycles. The average Bonchev–Trinajstić information content (AvgIpc) is 3.52. The molecule has 1 atom stereocenters. The van der Waals surface area contributed by atoms with Crippen LogP contribution < -0.4 is 29.7 Å². The van der Waals surface area contributed by atoms with Crippen molar-refractivity contribution in [3.63, 3.8) is 0 Å². The standard InChI is InChI=1S/C26H22FN3O5/c1-15-10-16(6-7-19(15)27)29-25(32)28-8-9-30-20-5-3-2-4-17(20)26(24(30)31)13-33-21-12-23-22(11-18(21)26)34-14-35-23/h2-7,10-12H,8-9,13-14H2,1H3,(H2,28,29,32). The van der Waals surface area contributed by atoms with Gasteiger partial charge in [-0.15, -0.1) is 0 Å². The minimum atomic E-state index is -0.985. The highest BCUT2D eigenvalue weighted by molar-refractivity contribution is 6.11. The molecule has 3 aliphatic heterocycles. The van der Waals surface area contributed by atoms with Crippen LogP contribution in [0.5, 0.6) is 17.2 Å². The molecule has 178 valence electrons. The second kappa shape index (κ2) is 7.90. The van der Waals surface area contributed by atoms with Crippen molar-refractivity contribution < 1.29 is 28.2 Å². The van der Waals surface area contributed by atoms with Crippen molar-refractivity contribution in [2.45, 2.75) is 12.3 Å². The van der Waals surface area contributed by atoms with E-state index in [1.807, 2.05) is 30.3 Å². The number of halogens is 1. The summed E-state index contributed by atoms with van der Waals surface area (Å²) in [6.45, 7) is 2.43. The summed E-state index contributed by atoms with van der Waals surface area (Å²) in [6, 6.07) is 15.1. The Morgan fingerprint density at radius 1 is 1.03 bits per heavy atom. The lowest BCUT2D eigenvalue weighted by molar-refractivity contribution is -0.122. The molecular weight excluding hydrogens is 453 g/mol. The minimum Gasteiger partial charge on any atom is -0.491 e. The van der Waals surface area contributed by atoms with Crippen LogP contribution in [-0.4, -0.2) is 38.4 Å². The van der Waals surface area contributed by atoms with Crippen molar-refractivity contribution in [3.05, 3.63) is 77.1 Å². The number of hydrogen-bond donors (Lipinski definition) is 2. The number of carbonyl (C=O) groups is 2. The number of urea groups is 1. The monoisotopic (exact) mass is 475 g/mol. The maximum atomic E-state index is 13.9. The zero-order valence-electron chi connectivity index (χ0n) is 18.9. The zero-order valence-corrected chi connectivity index (χ0v) is 18.9. The number of anilines is 2. The lowest BCUT2D eigenvalue weighted by Crippen LogP contribution is -2.45. The normalized spacial score (nSPS) is 18.9. The molecule has 35 heavy (non-hydrogen) atoms. The lowest BCUT2D eigenvalue weighted by atomic mass is 9.77. The van der Waals surface area contributed by atoms with Crippen molar-refractivity contribution in [1.29, 1.82) is 0 Å². The summed E-state index contributed by atoms with van der Waals surface area (Å²) >= 11 is 0. The quantitative estimate of drug-likeness (QED) is 0.601. The number of nitrogens with one attached hydrogen (secondary N) is 2. The smallest absolute Gasteiger partial charge is 0.319 e. The number of ether oxygens (including phenoxy) is 3. The summed E-state index contributed by atoms with van der Waals surface area (Å²) < 4.78 is 30.5. The Hall–Kier alpha value is -4.27. The van der Waals surface area contributed by atoms with E-state index < -0.39 is 11.4 Å². The van der Waals surface area contributed by atoms with Gasteiger partial charge in [-0.3, -0.25) is 4.79 Å². The van der Waals surface area contributed by atoms with Gasteiger partial charge in [0.05, 0.1) is 0 Å². The van der Waals surface area contributed by atoms with E-state index in [0.29, 0.717) is 28.5 Å². The second-order valence-electron chi connectivity index (χ2n) is 8.71. The number of carbonyl (C=O) groups excluding carboxylic acids is 2. The molecule has 9 heteroatoms. The molecule has 6 rings (SSSR count). The van der Waals surface area contributed by atoms with Crippen LogP contribution in [0, 0.1) is 12.7 Å². The Bertz CT molecular complexity index is 1380. The third-order valence-electron chi connectivity index (χ3n) is 6.68. The average molecular weight is 475 g/mol. The van der Waals surface area contributed by atoms with Gasteiger partial charge in [-0.25, -0.2) is 9.18 Å². The first-order chi connectivity index (χ1) is 17.0. The summed E-state index contributed by atoms with van der Waals surface area (Å²) in [5.74, 6) is 1.34. The number of fused-ring (bicyclic) bond motifs is 5. The van der Waals surface area contributed by atoms with Crippen molar-refractivity contribution in [3.8, 4) is 17.2 Å². The molecule has 3 heterocycles. The predicted octanol–water partition coefficient (Wildman–Crippen LogP) is 3.71. The van der Waals surface area contributed by atoms with E-state index in [1.165, 1.54) is 12.1 Å². The van der Waals surface area contributed by atoms with Crippen molar-refractivity contribution in [2.24, 2.45) is 0 Å². The van der Waals surface area contributed by atoms with Gasteiger partial charge in [0.2, 0.25) is 12.7 Å². The summed E-state index contributed by atoms with van der Waals surface area (Å²) in [7, 11) is 0. The Kier molecular flexibility index (Phi) is 4.80. The molecule has 3 aliphatic rings. The van der Waals surface area contributed by atoms with Crippen molar-refractivity contribution in [1.82, 2.24) is 5.32 Å². The van der Waals surface area contributed by atoms with Crippen LogP contribution in [0.1, 0.15) is 16.7 Å². The van der Waals surface area contributed by atoms with Crippen molar-refractivity contribution >= 4 is 23.3 Å². The first-order valence-corrected chi connectivity index (χ1v) is 11.3. The highest BCUT2D eigenvalue weighted by atomic mass is 19.1. The molecule has 1 spiro atoms. The summed E-state index contributed by atoms with van der Waals surface area (Å²) in [4.78, 5) is 27.9. The van der Waals surface area contributed by atoms with Crippen LogP contribution in [0.4, 0.5) is 20.6 Å². The molecule has 0 aliphatic carbocycles. The van der Waals surface area contributed by atoms with E-state index in [2.05, 4.69) is 10.6 Å². The Balaban J connectivity index is 1.22. The van der Waals surface area contributed by atoms with Crippen LogP contribution in [0.3, 0.4) is 0 Å². The molecule has 1 unspecified atom stereocenters. The van der Waals surface area contributed by atoms with Gasteiger partial charge in [-0.05, 0) is 48.4 Å². The number of aryl methyl sites for hydroxylation is 1. The highest BCUT2D eigenvalue weighted by Gasteiger charge is 2.57. The first-order valence-electron chi connectivity index (χ1n) is 11.3. The molecule has 0 bridgehead atoms. The van der Waals surface area contributed by atoms with Gasteiger partial charge in [0, 0.05) is 36.1 Å². The molecule has 0 radical (unpaired) electrons. The maximum absolute atomic E-state index is 13.9. The molecule has 3 amide bonds. The fraction of sp³-hybridized carbons (Fsp3) is 0.231. The van der Waals surface area contributed by atoms with Crippen LogP contribution >= 0.6 is 0 Å². The van der Waals surface area contributed by atoms with E-state index >= 15 is 0 Å². The molecule has 3 aromatic carbocycles. The molecule has 8 nitrogen and oxygen atoms in total. The fourth-order valence-electron chi connectivity index (χ4n) is 4.97. The van der Waals surface area contributed by atoms with E-state index in [1.54, 1.807) is 24.0 Å². The maximum Gasteiger partial charge on any atom is 0.319 e. The Morgan fingerprint density at radius 2 is 1.83 bits per heavy atom. The number of rotatable bonds is 4. The minimum absolute atomic E-state index is 0.118. The largest absolute Gasteiger partial charge is 0.491 e. The van der Waals surface area contributed by atoms with E-state index in [4.69, 9.17) is 14.2 Å². The number of benzene rings is 3. The van der Waals surface area contributed by atoms with Crippen LogP contribution in [0.25, 0.3) is 0 Å². The molecule has 0 saturated heterocycles. The molecular formula is C26H22FN3O5. The number of para-hydroxylation sites is 1. The Labute approximate surface area is 200 Å². The van der Waals surface area contributed by atoms with E-state index in [9.17, 15) is 14.0 Å². The van der Waals surface area contributed by atoms with Gasteiger partial charge in [0.15, 0.2) is 11.5 Å². The topological polar surface area (TPSA) is 89.1 Å². The predicted molar refractivity (Wildman–Crippen MR) is 126 cm³/mol. The molecule has 0 fully saturated rings. The van der Waals surface area contributed by atoms with E-state index in [-0.39, 0.29) is 38.2 Å². The second-order valence-corrected chi connectivity index (χ2v) is 8.71. The number of hydrogen-bond acceptors (Lipinski definition) is 5. The molecule has 2 N–H and O–H groups in total. The third-order valence-corrected chi connectivity index (χ3v) is 6.68. The van der Waals surface area contributed by atoms with Gasteiger partial charge in [0.25, 0.3) is 0 Å². The Morgan fingerprint density at radius 3 is 2.66 bits per heavy atom. The zero-order chi connectivity index (χ0) is 24.2. The van der Waals surface area contributed by atoms with Crippen LogP contribution in [0.2, 0.25) is 0 Å². The van der Waals surface area contributed by atoms with Gasteiger partial charge in [-0.1, -0.05) is 18.2 Å². The van der Waals surface area contributed by atoms with Gasteiger partial charge >= 0.3 is 6.03 Å². The first kappa shape index (κ1) is 21.3. The SMILES string of the molecule is Cc1cc(NC(=O)NCCN2C(=O)C3(COc4cc5c(cc43)OCO5)c3ccccc32)ccc1F. The van der Waals surface area contributed by atoms with Gasteiger partial charge < -0.3 is 29.7 Å². The summed E-state index contributed by atoms with van der Waals surface area (Å²) in [5.41, 5.74) is 2.33.